The number of para-hydroxylation sites is 3. The number of nitriles is 1. The molecule has 0 N–H and O–H groups in total. The Morgan fingerprint density at radius 1 is 0.388 bits per heavy atom. The summed E-state index contributed by atoms with van der Waals surface area (Å²) in [5.41, 5.74) is 8.60. The fourth-order valence-corrected chi connectivity index (χ4v) is 7.02. The fourth-order valence-electron chi connectivity index (χ4n) is 7.02. The Bertz CT molecular complexity index is 2620. The van der Waals surface area contributed by atoms with Crippen LogP contribution in [0.2, 0.25) is 0 Å². The van der Waals surface area contributed by atoms with Gasteiger partial charge in [-0.15, -0.1) is 0 Å². The first-order valence-corrected chi connectivity index (χ1v) is 16.3. The van der Waals surface area contributed by atoms with E-state index < -0.39 is 0 Å². The van der Waals surface area contributed by atoms with Gasteiger partial charge in [-0.3, -0.25) is 0 Å². The van der Waals surface area contributed by atoms with E-state index >= 15 is 0 Å². The van der Waals surface area contributed by atoms with Crippen molar-refractivity contribution in [3.05, 3.63) is 181 Å². The molecular weight excluding hydrogens is 599 g/mol. The van der Waals surface area contributed by atoms with Gasteiger partial charge in [0.15, 0.2) is 0 Å². The molecule has 0 radical (unpaired) electrons. The lowest BCUT2D eigenvalue weighted by Crippen LogP contribution is -2.12. The maximum Gasteiger partial charge on any atom is 0.143 e. The predicted molar refractivity (Wildman–Crippen MR) is 203 cm³/mol. The van der Waals surface area contributed by atoms with Gasteiger partial charge in [-0.2, -0.15) is 5.26 Å². The first-order valence-electron chi connectivity index (χ1n) is 16.3. The molecule has 0 unspecified atom stereocenters. The summed E-state index contributed by atoms with van der Waals surface area (Å²) in [6.07, 6.45) is 0. The van der Waals surface area contributed by atoms with Gasteiger partial charge in [0.2, 0.25) is 0 Å². The molecule has 0 bridgehead atoms. The zero-order valence-corrected chi connectivity index (χ0v) is 26.5. The van der Waals surface area contributed by atoms with Gasteiger partial charge in [-0.1, -0.05) is 84.9 Å². The minimum Gasteiger partial charge on any atom is -0.455 e. The SMILES string of the molecule is N#Cc1ccc(N(c2ccc(N(c3ccccc3)c3ccccc3)cc2)c2ccc3c4ccccc4c4oc5ccccc5c4c3c2)cc1. The molecule has 1 aromatic heterocycles. The highest BCUT2D eigenvalue weighted by Gasteiger charge is 2.20. The van der Waals surface area contributed by atoms with Gasteiger partial charge in [0.05, 0.1) is 11.6 Å². The monoisotopic (exact) mass is 627 g/mol. The molecule has 0 saturated carbocycles. The second-order valence-electron chi connectivity index (χ2n) is 12.1. The molecule has 0 atom stereocenters. The minimum absolute atomic E-state index is 0.622. The highest BCUT2D eigenvalue weighted by Crippen LogP contribution is 2.44. The molecular formula is C45H29N3O. The number of hydrogen-bond donors (Lipinski definition) is 0. The lowest BCUT2D eigenvalue weighted by molar-refractivity contribution is 0.673. The summed E-state index contributed by atoms with van der Waals surface area (Å²) in [7, 11) is 0. The molecule has 4 nitrogen and oxygen atoms in total. The summed E-state index contributed by atoms with van der Waals surface area (Å²) in [4.78, 5) is 4.51. The first kappa shape index (κ1) is 28.4. The number of fused-ring (bicyclic) bond motifs is 8. The van der Waals surface area contributed by atoms with Crippen LogP contribution in [0.15, 0.2) is 180 Å². The number of furan rings is 1. The van der Waals surface area contributed by atoms with Gasteiger partial charge in [0, 0.05) is 50.3 Å². The minimum atomic E-state index is 0.622. The van der Waals surface area contributed by atoms with E-state index in [1.54, 1.807) is 0 Å². The van der Waals surface area contributed by atoms with Crippen LogP contribution in [0.25, 0.3) is 43.5 Å². The largest absolute Gasteiger partial charge is 0.455 e. The van der Waals surface area contributed by atoms with Crippen molar-refractivity contribution in [1.29, 1.82) is 5.26 Å². The van der Waals surface area contributed by atoms with Crippen LogP contribution in [0.1, 0.15) is 5.56 Å². The molecule has 49 heavy (non-hydrogen) atoms. The topological polar surface area (TPSA) is 43.4 Å². The van der Waals surface area contributed by atoms with Crippen LogP contribution in [0.3, 0.4) is 0 Å². The Hall–Kier alpha value is -6.83. The summed E-state index contributed by atoms with van der Waals surface area (Å²) >= 11 is 0. The van der Waals surface area contributed by atoms with Crippen LogP contribution in [0.5, 0.6) is 0 Å². The smallest absolute Gasteiger partial charge is 0.143 e. The van der Waals surface area contributed by atoms with Gasteiger partial charge in [-0.05, 0) is 107 Å². The summed E-state index contributed by atoms with van der Waals surface area (Å²) in [6, 6.07) is 63.0. The molecule has 0 spiro atoms. The van der Waals surface area contributed by atoms with E-state index in [1.165, 1.54) is 5.39 Å². The third-order valence-electron chi connectivity index (χ3n) is 9.24. The van der Waals surface area contributed by atoms with E-state index in [-0.39, 0.29) is 0 Å². The van der Waals surface area contributed by atoms with Crippen LogP contribution in [-0.4, -0.2) is 0 Å². The van der Waals surface area contributed by atoms with Crippen molar-refractivity contribution in [3.8, 4) is 6.07 Å². The van der Waals surface area contributed by atoms with Crippen LogP contribution < -0.4 is 9.80 Å². The maximum atomic E-state index is 9.57. The van der Waals surface area contributed by atoms with Gasteiger partial charge in [0.25, 0.3) is 0 Å². The van der Waals surface area contributed by atoms with Crippen molar-refractivity contribution in [2.45, 2.75) is 0 Å². The molecule has 0 saturated heterocycles. The van der Waals surface area contributed by atoms with Crippen LogP contribution in [0, 0.1) is 11.3 Å². The van der Waals surface area contributed by atoms with Gasteiger partial charge in [0.1, 0.15) is 11.2 Å². The number of hydrogen-bond acceptors (Lipinski definition) is 4. The quantitative estimate of drug-likeness (QED) is 0.172. The fraction of sp³-hybridized carbons (Fsp3) is 0. The molecule has 230 valence electrons. The zero-order chi connectivity index (χ0) is 32.7. The van der Waals surface area contributed by atoms with Crippen molar-refractivity contribution in [2.24, 2.45) is 0 Å². The van der Waals surface area contributed by atoms with Crippen molar-refractivity contribution in [3.63, 3.8) is 0 Å². The van der Waals surface area contributed by atoms with Gasteiger partial charge < -0.3 is 14.2 Å². The number of rotatable bonds is 6. The van der Waals surface area contributed by atoms with E-state index in [2.05, 4.69) is 143 Å². The average Bonchev–Trinajstić information content (AvgIpc) is 3.57. The van der Waals surface area contributed by atoms with Crippen molar-refractivity contribution >= 4 is 77.6 Å². The number of anilines is 6. The van der Waals surface area contributed by atoms with E-state index in [1.807, 2.05) is 48.5 Å². The lowest BCUT2D eigenvalue weighted by atomic mass is 9.96. The highest BCUT2D eigenvalue weighted by molar-refractivity contribution is 6.30. The molecule has 9 aromatic rings. The number of benzene rings is 8. The zero-order valence-electron chi connectivity index (χ0n) is 26.5. The lowest BCUT2D eigenvalue weighted by Gasteiger charge is -2.28. The van der Waals surface area contributed by atoms with E-state index in [9.17, 15) is 5.26 Å². The normalized spacial score (nSPS) is 11.2. The van der Waals surface area contributed by atoms with E-state index in [0.29, 0.717) is 5.56 Å². The Labute approximate surface area is 283 Å². The van der Waals surface area contributed by atoms with Crippen LogP contribution in [0.4, 0.5) is 34.1 Å². The molecule has 8 aromatic carbocycles. The summed E-state index contributed by atoms with van der Waals surface area (Å²) in [5.74, 6) is 0. The predicted octanol–water partition coefficient (Wildman–Crippen LogP) is 12.7. The van der Waals surface area contributed by atoms with Gasteiger partial charge in [-0.25, -0.2) is 0 Å². The molecule has 0 aliphatic heterocycles. The molecule has 0 fully saturated rings. The van der Waals surface area contributed by atoms with Crippen molar-refractivity contribution in [1.82, 2.24) is 0 Å². The molecule has 0 aliphatic rings. The standard InChI is InChI=1S/C45H29N3O/c46-30-31-19-21-34(22-20-31)48(36-25-23-35(24-26-36)47(32-11-3-1-4-12-32)33-13-5-2-6-14-33)37-27-28-39-38-15-7-8-16-40(38)45-44(42(39)29-37)41-17-9-10-18-43(41)49-45/h1-29H. The molecule has 0 aliphatic carbocycles. The first-order chi connectivity index (χ1) is 24.3. The Morgan fingerprint density at radius 2 is 0.837 bits per heavy atom. The summed E-state index contributed by atoms with van der Waals surface area (Å²) < 4.78 is 6.53. The van der Waals surface area contributed by atoms with Crippen LogP contribution in [-0.2, 0) is 0 Å². The molecule has 9 rings (SSSR count). The molecule has 1 heterocycles. The van der Waals surface area contributed by atoms with Crippen molar-refractivity contribution < 1.29 is 4.42 Å². The van der Waals surface area contributed by atoms with E-state index in [0.717, 1.165) is 72.2 Å². The maximum absolute atomic E-state index is 9.57. The van der Waals surface area contributed by atoms with Crippen molar-refractivity contribution in [2.75, 3.05) is 9.80 Å². The summed E-state index contributed by atoms with van der Waals surface area (Å²) in [6.45, 7) is 0. The second kappa shape index (κ2) is 11.8. The third kappa shape index (κ3) is 4.85. The Morgan fingerprint density at radius 3 is 1.45 bits per heavy atom. The second-order valence-corrected chi connectivity index (χ2v) is 12.1. The third-order valence-corrected chi connectivity index (χ3v) is 9.24. The average molecular weight is 628 g/mol. The Kier molecular flexibility index (Phi) is 6.81. The van der Waals surface area contributed by atoms with Gasteiger partial charge >= 0.3 is 0 Å². The molecule has 0 amide bonds. The summed E-state index contributed by atoms with van der Waals surface area (Å²) in [5, 5.41) is 16.3. The highest BCUT2D eigenvalue weighted by atomic mass is 16.3. The Balaban J connectivity index is 1.24. The number of nitrogens with zero attached hydrogens (tertiary/aromatic N) is 3. The van der Waals surface area contributed by atoms with Crippen LogP contribution >= 0.6 is 0 Å². The molecule has 4 heteroatoms. The van der Waals surface area contributed by atoms with E-state index in [4.69, 9.17) is 4.42 Å².